The van der Waals surface area contributed by atoms with Gasteiger partial charge in [-0.2, -0.15) is 5.10 Å². The molecule has 0 bridgehead atoms. The summed E-state index contributed by atoms with van der Waals surface area (Å²) in [5.41, 5.74) is 5.32. The van der Waals surface area contributed by atoms with Crippen LogP contribution in [-0.4, -0.2) is 56.7 Å². The van der Waals surface area contributed by atoms with Crippen LogP contribution in [0.5, 0.6) is 0 Å². The number of carbonyl (C=O) groups is 1. The summed E-state index contributed by atoms with van der Waals surface area (Å²) in [7, 11) is 4.12. The zero-order valence-electron chi connectivity index (χ0n) is 18.3. The second-order valence-electron chi connectivity index (χ2n) is 8.45. The number of carbonyl (C=O) groups excluding carboxylic acids is 1. The fourth-order valence-corrected chi connectivity index (χ4v) is 4.19. The van der Waals surface area contributed by atoms with Crippen molar-refractivity contribution in [2.75, 3.05) is 30.8 Å². The second kappa shape index (κ2) is 8.47. The minimum atomic E-state index is -0.190. The Morgan fingerprint density at radius 2 is 1.88 bits per heavy atom. The first-order chi connectivity index (χ1) is 15.6. The topological polar surface area (TPSA) is 90.9 Å². The minimum absolute atomic E-state index is 0.190. The zero-order chi connectivity index (χ0) is 22.1. The van der Waals surface area contributed by atoms with Crippen molar-refractivity contribution in [2.24, 2.45) is 7.05 Å². The Labute approximate surface area is 186 Å². The number of H-pyrrole nitrogens is 1. The van der Waals surface area contributed by atoms with Gasteiger partial charge < -0.3 is 20.1 Å². The van der Waals surface area contributed by atoms with Crippen LogP contribution < -0.4 is 10.6 Å². The lowest BCUT2D eigenvalue weighted by atomic mass is 10.0. The summed E-state index contributed by atoms with van der Waals surface area (Å²) < 4.78 is 1.98. The Morgan fingerprint density at radius 3 is 2.66 bits per heavy atom. The zero-order valence-corrected chi connectivity index (χ0v) is 18.3. The average Bonchev–Trinajstić information content (AvgIpc) is 3.43. The first-order valence-electron chi connectivity index (χ1n) is 10.9. The number of aromatic nitrogens is 4. The Hall–Kier alpha value is -3.65. The number of amides is 1. The van der Waals surface area contributed by atoms with Crippen molar-refractivity contribution in [1.82, 2.24) is 24.6 Å². The van der Waals surface area contributed by atoms with Crippen LogP contribution in [0.3, 0.4) is 0 Å². The molecule has 2 aromatic carbocycles. The molecule has 0 unspecified atom stereocenters. The molecule has 0 radical (unpaired) electrons. The van der Waals surface area contributed by atoms with E-state index in [1.165, 1.54) is 0 Å². The Bertz CT molecular complexity index is 1230. The van der Waals surface area contributed by atoms with Gasteiger partial charge in [-0.05, 0) is 63.3 Å². The van der Waals surface area contributed by atoms with E-state index in [9.17, 15) is 4.79 Å². The molecular formula is C24H27N7O. The van der Waals surface area contributed by atoms with Gasteiger partial charge in [0, 0.05) is 36.0 Å². The van der Waals surface area contributed by atoms with Crippen LogP contribution >= 0.6 is 0 Å². The first-order valence-corrected chi connectivity index (χ1v) is 10.9. The molecule has 0 atom stereocenters. The highest BCUT2D eigenvalue weighted by Gasteiger charge is 2.17. The molecule has 0 aliphatic carbocycles. The van der Waals surface area contributed by atoms with Gasteiger partial charge in [0.1, 0.15) is 0 Å². The normalized spacial score (nSPS) is 15.2. The van der Waals surface area contributed by atoms with Crippen LogP contribution in [0.4, 0.5) is 11.5 Å². The molecule has 1 aliphatic heterocycles. The number of fused-ring (bicyclic) bond motifs is 1. The number of anilines is 2. The summed E-state index contributed by atoms with van der Waals surface area (Å²) in [6, 6.07) is 15.9. The summed E-state index contributed by atoms with van der Waals surface area (Å²) >= 11 is 0. The van der Waals surface area contributed by atoms with Gasteiger partial charge in [-0.15, -0.1) is 0 Å². The van der Waals surface area contributed by atoms with Crippen LogP contribution in [0.2, 0.25) is 0 Å². The highest BCUT2D eigenvalue weighted by Crippen LogP contribution is 2.27. The fourth-order valence-electron chi connectivity index (χ4n) is 4.19. The summed E-state index contributed by atoms with van der Waals surface area (Å²) in [5, 5.41) is 13.7. The predicted molar refractivity (Wildman–Crippen MR) is 127 cm³/mol. The summed E-state index contributed by atoms with van der Waals surface area (Å²) in [5.74, 6) is 0.288. The molecule has 1 amide bonds. The van der Waals surface area contributed by atoms with Crippen molar-refractivity contribution in [3.05, 3.63) is 60.4 Å². The molecule has 4 aromatic rings. The molecule has 5 rings (SSSR count). The van der Waals surface area contributed by atoms with Crippen LogP contribution in [0.1, 0.15) is 23.2 Å². The third-order valence-corrected chi connectivity index (χ3v) is 6.10. The predicted octanol–water partition coefficient (Wildman–Crippen LogP) is 3.72. The lowest BCUT2D eigenvalue weighted by Gasteiger charge is -2.30. The lowest BCUT2D eigenvalue weighted by molar-refractivity contribution is 0.102. The number of imidazole rings is 1. The van der Waals surface area contributed by atoms with E-state index in [1.54, 1.807) is 6.33 Å². The summed E-state index contributed by atoms with van der Waals surface area (Å²) in [6.45, 7) is 2.22. The second-order valence-corrected chi connectivity index (χ2v) is 8.45. The van der Waals surface area contributed by atoms with Crippen molar-refractivity contribution in [1.29, 1.82) is 0 Å². The van der Waals surface area contributed by atoms with Crippen molar-refractivity contribution in [2.45, 2.75) is 18.9 Å². The third kappa shape index (κ3) is 4.09. The van der Waals surface area contributed by atoms with Gasteiger partial charge in [0.15, 0.2) is 5.82 Å². The van der Waals surface area contributed by atoms with Crippen LogP contribution in [-0.2, 0) is 7.05 Å². The first kappa shape index (κ1) is 20.3. The maximum absolute atomic E-state index is 12.7. The van der Waals surface area contributed by atoms with E-state index in [2.05, 4.69) is 37.8 Å². The third-order valence-electron chi connectivity index (χ3n) is 6.10. The molecular weight excluding hydrogens is 402 g/mol. The van der Waals surface area contributed by atoms with E-state index in [0.29, 0.717) is 17.4 Å². The molecule has 3 heterocycles. The minimum Gasteiger partial charge on any atom is -0.382 e. The van der Waals surface area contributed by atoms with Gasteiger partial charge in [0.25, 0.3) is 5.91 Å². The van der Waals surface area contributed by atoms with Gasteiger partial charge in [0.05, 0.1) is 23.1 Å². The quantitative estimate of drug-likeness (QED) is 0.450. The van der Waals surface area contributed by atoms with E-state index in [4.69, 9.17) is 0 Å². The number of para-hydroxylation sites is 1. The van der Waals surface area contributed by atoms with E-state index in [-0.39, 0.29) is 5.91 Å². The largest absolute Gasteiger partial charge is 0.382 e. The van der Waals surface area contributed by atoms with Crippen molar-refractivity contribution >= 4 is 28.4 Å². The molecule has 2 aromatic heterocycles. The molecule has 0 saturated carbocycles. The number of hydrogen-bond acceptors (Lipinski definition) is 5. The molecule has 1 saturated heterocycles. The number of hydrogen-bond donors (Lipinski definition) is 3. The number of aryl methyl sites for hydroxylation is 1. The fraction of sp³-hybridized carbons (Fsp3) is 0.292. The molecule has 0 spiro atoms. The maximum atomic E-state index is 12.7. The number of piperidine rings is 1. The molecule has 164 valence electrons. The molecule has 8 heteroatoms. The number of nitrogens with one attached hydrogen (secondary N) is 3. The number of benzene rings is 2. The molecule has 8 nitrogen and oxygen atoms in total. The monoisotopic (exact) mass is 429 g/mol. The highest BCUT2D eigenvalue weighted by molar-refractivity contribution is 6.04. The average molecular weight is 430 g/mol. The Balaban J connectivity index is 1.25. The Morgan fingerprint density at radius 1 is 1.09 bits per heavy atom. The number of nitrogens with zero attached hydrogens (tertiary/aromatic N) is 4. The van der Waals surface area contributed by atoms with Crippen LogP contribution in [0, 0.1) is 0 Å². The standard InChI is InChI=1S/C24H27N7O/c1-30-12-10-18(11-13-30)26-17-8-6-16(7-9-17)24(32)27-22-14-20(28-29-22)19-4-3-5-21-23(19)25-15-31(21)2/h3-9,14-15,18,26H,10-13H2,1-2H3,(H2,27,28,29,32). The molecule has 1 aliphatic rings. The molecule has 32 heavy (non-hydrogen) atoms. The van der Waals surface area contributed by atoms with Gasteiger partial charge in [-0.25, -0.2) is 4.98 Å². The van der Waals surface area contributed by atoms with Gasteiger partial charge in [-0.3, -0.25) is 9.89 Å². The van der Waals surface area contributed by atoms with Gasteiger partial charge in [0.2, 0.25) is 0 Å². The van der Waals surface area contributed by atoms with Crippen LogP contribution in [0.25, 0.3) is 22.3 Å². The smallest absolute Gasteiger partial charge is 0.256 e. The number of aromatic amines is 1. The van der Waals surface area contributed by atoms with Crippen LogP contribution in [0.15, 0.2) is 54.9 Å². The SMILES string of the molecule is CN1CCC(Nc2ccc(C(=O)Nc3cc(-c4cccc5c4ncn5C)[nH]n3)cc2)CC1. The van der Waals surface area contributed by atoms with E-state index in [0.717, 1.165) is 53.9 Å². The number of rotatable bonds is 5. The highest BCUT2D eigenvalue weighted by atomic mass is 16.1. The van der Waals surface area contributed by atoms with Crippen molar-refractivity contribution in [3.63, 3.8) is 0 Å². The number of likely N-dealkylation sites (tertiary alicyclic amines) is 1. The van der Waals surface area contributed by atoms with E-state index >= 15 is 0 Å². The maximum Gasteiger partial charge on any atom is 0.256 e. The van der Waals surface area contributed by atoms with Gasteiger partial charge >= 0.3 is 0 Å². The summed E-state index contributed by atoms with van der Waals surface area (Å²) in [4.78, 5) is 19.5. The molecule has 1 fully saturated rings. The van der Waals surface area contributed by atoms with E-state index < -0.39 is 0 Å². The van der Waals surface area contributed by atoms with Crippen molar-refractivity contribution < 1.29 is 4.79 Å². The summed E-state index contributed by atoms with van der Waals surface area (Å²) in [6.07, 6.45) is 4.05. The lowest BCUT2D eigenvalue weighted by Crippen LogP contribution is -2.36. The van der Waals surface area contributed by atoms with E-state index in [1.807, 2.05) is 60.1 Å². The molecule has 3 N–H and O–H groups in total. The Kier molecular flexibility index (Phi) is 5.36. The van der Waals surface area contributed by atoms with Gasteiger partial charge in [-0.1, -0.05) is 12.1 Å². The van der Waals surface area contributed by atoms with Crippen molar-refractivity contribution in [3.8, 4) is 11.3 Å².